The van der Waals surface area contributed by atoms with Gasteiger partial charge in [0.2, 0.25) is 5.91 Å². The van der Waals surface area contributed by atoms with E-state index in [9.17, 15) is 4.79 Å². The van der Waals surface area contributed by atoms with Crippen molar-refractivity contribution < 1.29 is 9.53 Å². The van der Waals surface area contributed by atoms with Gasteiger partial charge in [-0.1, -0.05) is 18.2 Å². The second-order valence-corrected chi connectivity index (χ2v) is 4.23. The topological polar surface area (TPSA) is 45.3 Å². The lowest BCUT2D eigenvalue weighted by Crippen LogP contribution is -2.29. The van der Waals surface area contributed by atoms with Gasteiger partial charge in [-0.05, 0) is 11.6 Å². The maximum absolute atomic E-state index is 12.0. The van der Waals surface area contributed by atoms with E-state index in [0.29, 0.717) is 26.3 Å². The van der Waals surface area contributed by atoms with Crippen molar-refractivity contribution in [3.63, 3.8) is 0 Å². The first kappa shape index (κ1) is 10.4. The number of nitrogens with one attached hydrogen (secondary N) is 1. The molecule has 1 aromatic carbocycles. The van der Waals surface area contributed by atoms with E-state index in [2.05, 4.69) is 4.98 Å². The molecule has 2 heterocycles. The number of benzene rings is 1. The van der Waals surface area contributed by atoms with E-state index in [-0.39, 0.29) is 5.91 Å². The first-order chi connectivity index (χ1) is 8.34. The Balaban J connectivity index is 1.82. The molecule has 1 aromatic heterocycles. The van der Waals surface area contributed by atoms with E-state index in [1.54, 1.807) is 4.90 Å². The molecule has 0 atom stereocenters. The van der Waals surface area contributed by atoms with E-state index in [4.69, 9.17) is 4.74 Å². The van der Waals surface area contributed by atoms with Crippen LogP contribution in [0.4, 0.5) is 0 Å². The molecule has 3 rings (SSSR count). The molecule has 0 aliphatic carbocycles. The van der Waals surface area contributed by atoms with Gasteiger partial charge in [0.1, 0.15) is 6.73 Å². The minimum atomic E-state index is 0.132. The van der Waals surface area contributed by atoms with E-state index >= 15 is 0 Å². The van der Waals surface area contributed by atoms with Gasteiger partial charge < -0.3 is 14.6 Å². The van der Waals surface area contributed by atoms with Crippen molar-refractivity contribution in [2.24, 2.45) is 0 Å². The summed E-state index contributed by atoms with van der Waals surface area (Å²) >= 11 is 0. The molecule has 88 valence electrons. The Morgan fingerprint density at radius 1 is 1.41 bits per heavy atom. The van der Waals surface area contributed by atoms with Gasteiger partial charge in [0.15, 0.2) is 0 Å². The third kappa shape index (κ3) is 1.91. The highest BCUT2D eigenvalue weighted by Crippen LogP contribution is 2.19. The second kappa shape index (κ2) is 4.22. The zero-order valence-electron chi connectivity index (χ0n) is 9.48. The zero-order chi connectivity index (χ0) is 11.7. The Morgan fingerprint density at radius 3 is 3.12 bits per heavy atom. The maximum Gasteiger partial charge on any atom is 0.228 e. The zero-order valence-corrected chi connectivity index (χ0v) is 9.48. The van der Waals surface area contributed by atoms with Crippen LogP contribution in [0.2, 0.25) is 0 Å². The lowest BCUT2D eigenvalue weighted by atomic mass is 10.1. The highest BCUT2D eigenvalue weighted by atomic mass is 16.5. The molecule has 17 heavy (non-hydrogen) atoms. The lowest BCUT2D eigenvalue weighted by Gasteiger charge is -2.12. The van der Waals surface area contributed by atoms with Crippen molar-refractivity contribution in [3.05, 3.63) is 36.0 Å². The van der Waals surface area contributed by atoms with Gasteiger partial charge in [-0.25, -0.2) is 0 Å². The van der Waals surface area contributed by atoms with Crippen molar-refractivity contribution in [2.75, 3.05) is 19.9 Å². The molecular weight excluding hydrogens is 216 g/mol. The fraction of sp³-hybridized carbons (Fsp3) is 0.308. The number of hydrogen-bond acceptors (Lipinski definition) is 2. The van der Waals surface area contributed by atoms with Crippen LogP contribution in [-0.2, 0) is 16.0 Å². The summed E-state index contributed by atoms with van der Waals surface area (Å²) in [5.74, 6) is 0.132. The smallest absolute Gasteiger partial charge is 0.228 e. The van der Waals surface area contributed by atoms with Crippen LogP contribution in [0.3, 0.4) is 0 Å². The summed E-state index contributed by atoms with van der Waals surface area (Å²) in [6, 6.07) is 8.03. The van der Waals surface area contributed by atoms with Gasteiger partial charge in [-0.3, -0.25) is 4.79 Å². The summed E-state index contributed by atoms with van der Waals surface area (Å²) in [7, 11) is 0. The van der Waals surface area contributed by atoms with Crippen LogP contribution >= 0.6 is 0 Å². The molecule has 0 saturated carbocycles. The number of ether oxygens (including phenoxy) is 1. The SMILES string of the molecule is O=C(Cc1c[nH]c2ccccc12)N1CCOC1. The molecule has 1 saturated heterocycles. The Kier molecular flexibility index (Phi) is 2.57. The molecule has 0 radical (unpaired) electrons. The number of amides is 1. The van der Waals surface area contributed by atoms with Crippen LogP contribution in [0.25, 0.3) is 10.9 Å². The molecule has 1 amide bonds. The number of aromatic amines is 1. The summed E-state index contributed by atoms with van der Waals surface area (Å²) in [5.41, 5.74) is 2.13. The number of hydrogen-bond donors (Lipinski definition) is 1. The Bertz CT molecular complexity index is 541. The van der Waals surface area contributed by atoms with Gasteiger partial charge in [-0.2, -0.15) is 0 Å². The molecular formula is C13H14N2O2. The van der Waals surface area contributed by atoms with Gasteiger partial charge in [-0.15, -0.1) is 0 Å². The number of aromatic nitrogens is 1. The Labute approximate surface area is 99.2 Å². The predicted octanol–water partition coefficient (Wildman–Crippen LogP) is 1.53. The number of fused-ring (bicyclic) bond motifs is 1. The normalized spacial score (nSPS) is 15.6. The fourth-order valence-corrected chi connectivity index (χ4v) is 2.16. The van der Waals surface area contributed by atoms with Crippen LogP contribution in [-0.4, -0.2) is 35.7 Å². The van der Waals surface area contributed by atoms with E-state index < -0.39 is 0 Å². The molecule has 0 bridgehead atoms. The van der Waals surface area contributed by atoms with Crippen LogP contribution in [0.15, 0.2) is 30.5 Å². The minimum Gasteiger partial charge on any atom is -0.361 e. The van der Waals surface area contributed by atoms with Gasteiger partial charge >= 0.3 is 0 Å². The Morgan fingerprint density at radius 2 is 2.29 bits per heavy atom. The van der Waals surface area contributed by atoms with E-state index in [1.165, 1.54) is 0 Å². The summed E-state index contributed by atoms with van der Waals surface area (Å²) in [6.07, 6.45) is 2.35. The monoisotopic (exact) mass is 230 g/mol. The summed E-state index contributed by atoms with van der Waals surface area (Å²) in [4.78, 5) is 16.9. The van der Waals surface area contributed by atoms with Crippen molar-refractivity contribution in [1.82, 2.24) is 9.88 Å². The maximum atomic E-state index is 12.0. The number of rotatable bonds is 2. The minimum absolute atomic E-state index is 0.132. The lowest BCUT2D eigenvalue weighted by molar-refractivity contribution is -0.130. The first-order valence-corrected chi connectivity index (χ1v) is 5.75. The van der Waals surface area contributed by atoms with Gasteiger partial charge in [0.05, 0.1) is 13.0 Å². The van der Waals surface area contributed by atoms with Crippen molar-refractivity contribution in [3.8, 4) is 0 Å². The van der Waals surface area contributed by atoms with E-state index in [1.807, 2.05) is 30.5 Å². The molecule has 1 aliphatic rings. The van der Waals surface area contributed by atoms with Crippen LogP contribution in [0, 0.1) is 0 Å². The van der Waals surface area contributed by atoms with Crippen LogP contribution < -0.4 is 0 Å². The number of H-pyrrole nitrogens is 1. The van der Waals surface area contributed by atoms with Crippen molar-refractivity contribution in [1.29, 1.82) is 0 Å². The Hall–Kier alpha value is -1.81. The number of nitrogens with zero attached hydrogens (tertiary/aromatic N) is 1. The molecule has 4 nitrogen and oxygen atoms in total. The average Bonchev–Trinajstić information content (AvgIpc) is 2.98. The summed E-state index contributed by atoms with van der Waals surface area (Å²) < 4.78 is 5.18. The van der Waals surface area contributed by atoms with Crippen LogP contribution in [0.1, 0.15) is 5.56 Å². The van der Waals surface area contributed by atoms with Gasteiger partial charge in [0.25, 0.3) is 0 Å². The van der Waals surface area contributed by atoms with E-state index in [0.717, 1.165) is 16.5 Å². The quantitative estimate of drug-likeness (QED) is 0.850. The third-order valence-corrected chi connectivity index (χ3v) is 3.12. The molecule has 4 heteroatoms. The van der Waals surface area contributed by atoms with Gasteiger partial charge in [0, 0.05) is 23.6 Å². The predicted molar refractivity (Wildman–Crippen MR) is 64.5 cm³/mol. The largest absolute Gasteiger partial charge is 0.361 e. The average molecular weight is 230 g/mol. The molecule has 0 unspecified atom stereocenters. The number of carbonyl (C=O) groups is 1. The summed E-state index contributed by atoms with van der Waals surface area (Å²) in [6.45, 7) is 1.79. The highest BCUT2D eigenvalue weighted by Gasteiger charge is 2.19. The highest BCUT2D eigenvalue weighted by molar-refractivity contribution is 5.88. The summed E-state index contributed by atoms with van der Waals surface area (Å²) in [5, 5.41) is 1.13. The molecule has 1 aliphatic heterocycles. The second-order valence-electron chi connectivity index (χ2n) is 4.23. The molecule has 2 aromatic rings. The molecule has 0 spiro atoms. The third-order valence-electron chi connectivity index (χ3n) is 3.12. The van der Waals surface area contributed by atoms with Crippen LogP contribution in [0.5, 0.6) is 0 Å². The molecule has 1 N–H and O–H groups in total. The standard InChI is InChI=1S/C13H14N2O2/c16-13(15-5-6-17-9-15)7-10-8-14-12-4-2-1-3-11(10)12/h1-4,8,14H,5-7,9H2. The number of carbonyl (C=O) groups excluding carboxylic acids is 1. The van der Waals surface area contributed by atoms with Crippen molar-refractivity contribution in [2.45, 2.75) is 6.42 Å². The van der Waals surface area contributed by atoms with Crippen molar-refractivity contribution >= 4 is 16.8 Å². The first-order valence-electron chi connectivity index (χ1n) is 5.75. The number of para-hydroxylation sites is 1. The molecule has 1 fully saturated rings. The fourth-order valence-electron chi connectivity index (χ4n) is 2.16.